The first-order chi connectivity index (χ1) is 14.6. The monoisotopic (exact) mass is 422 g/mol. The van der Waals surface area contributed by atoms with Gasteiger partial charge in [-0.15, -0.1) is 11.3 Å². The third kappa shape index (κ3) is 3.26. The molecule has 4 aromatic rings. The van der Waals surface area contributed by atoms with Crippen molar-refractivity contribution in [1.29, 1.82) is 0 Å². The van der Waals surface area contributed by atoms with Gasteiger partial charge < -0.3 is 4.90 Å². The molecule has 0 atom stereocenters. The lowest BCUT2D eigenvalue weighted by molar-refractivity contribution is -0.384. The van der Waals surface area contributed by atoms with Crippen molar-refractivity contribution < 1.29 is 9.31 Å². The first-order valence-corrected chi connectivity index (χ1v) is 9.99. The molecule has 150 valence electrons. The molecule has 0 saturated heterocycles. The van der Waals surface area contributed by atoms with Crippen molar-refractivity contribution in [3.05, 3.63) is 81.7 Å². The number of nitrogens with zero attached hydrogens (tertiary/aromatic N) is 5. The van der Waals surface area contributed by atoms with E-state index in [1.165, 1.54) is 35.6 Å². The predicted octanol–water partition coefficient (Wildman–Crippen LogP) is 4.03. The highest BCUT2D eigenvalue weighted by molar-refractivity contribution is 7.15. The zero-order chi connectivity index (χ0) is 20.7. The lowest BCUT2D eigenvalue weighted by atomic mass is 10.2. The molecule has 0 aliphatic carbocycles. The molecule has 0 bridgehead atoms. The Morgan fingerprint density at radius 2 is 1.93 bits per heavy atom. The van der Waals surface area contributed by atoms with E-state index >= 15 is 0 Å². The maximum absolute atomic E-state index is 13.2. The molecule has 3 heterocycles. The van der Waals surface area contributed by atoms with Crippen LogP contribution in [0.3, 0.4) is 0 Å². The number of imidazole rings is 1. The van der Waals surface area contributed by atoms with Gasteiger partial charge in [0.05, 0.1) is 10.6 Å². The van der Waals surface area contributed by atoms with Gasteiger partial charge in [0.2, 0.25) is 0 Å². The first kappa shape index (κ1) is 18.3. The van der Waals surface area contributed by atoms with Gasteiger partial charge in [0.25, 0.3) is 5.69 Å². The molecule has 8 nitrogen and oxygen atoms in total. The summed E-state index contributed by atoms with van der Waals surface area (Å²) in [5.41, 5.74) is 6.51. The van der Waals surface area contributed by atoms with Crippen LogP contribution in [-0.4, -0.2) is 26.8 Å². The molecular formula is C20H15FN6O2S. The minimum Gasteiger partial charge on any atom is -0.309 e. The number of hydrogen-bond donors (Lipinski definition) is 1. The van der Waals surface area contributed by atoms with Crippen molar-refractivity contribution in [2.24, 2.45) is 5.10 Å². The van der Waals surface area contributed by atoms with Gasteiger partial charge in [-0.3, -0.25) is 19.9 Å². The van der Waals surface area contributed by atoms with Crippen molar-refractivity contribution in [2.45, 2.75) is 6.42 Å². The Morgan fingerprint density at radius 1 is 1.17 bits per heavy atom. The van der Waals surface area contributed by atoms with E-state index in [0.717, 1.165) is 33.4 Å². The third-order valence-electron chi connectivity index (χ3n) is 4.88. The molecule has 0 spiro atoms. The van der Waals surface area contributed by atoms with Crippen LogP contribution in [0.25, 0.3) is 16.2 Å². The number of hydrogen-bond acceptors (Lipinski definition) is 7. The Labute approximate surface area is 174 Å². The van der Waals surface area contributed by atoms with Crippen LogP contribution in [0.5, 0.6) is 0 Å². The topological polar surface area (TPSA) is 88.1 Å². The number of hydrazone groups is 1. The van der Waals surface area contributed by atoms with Crippen molar-refractivity contribution in [1.82, 2.24) is 14.8 Å². The number of aromatic nitrogens is 2. The lowest BCUT2D eigenvalue weighted by Gasteiger charge is -2.18. The number of anilines is 1. The van der Waals surface area contributed by atoms with E-state index in [-0.39, 0.29) is 11.5 Å². The number of non-ortho nitro benzene ring substituents is 1. The molecule has 1 N–H and O–H groups in total. The summed E-state index contributed by atoms with van der Waals surface area (Å²) in [6.45, 7) is 0.491. The highest BCUT2D eigenvalue weighted by atomic mass is 32.1. The third-order valence-corrected chi connectivity index (χ3v) is 5.77. The molecule has 0 fully saturated rings. The zero-order valence-corrected chi connectivity index (χ0v) is 16.3. The van der Waals surface area contributed by atoms with Crippen LogP contribution in [0.4, 0.5) is 15.8 Å². The number of thiazole rings is 1. The van der Waals surface area contributed by atoms with Crippen LogP contribution < -0.4 is 10.3 Å². The largest absolute Gasteiger partial charge is 0.309 e. The molecule has 0 amide bonds. The summed E-state index contributed by atoms with van der Waals surface area (Å²) in [5.74, 6) is 0.527. The van der Waals surface area contributed by atoms with Crippen LogP contribution in [0.2, 0.25) is 0 Å². The van der Waals surface area contributed by atoms with Crippen LogP contribution in [-0.2, 0) is 6.42 Å². The fourth-order valence-electron chi connectivity index (χ4n) is 3.36. The van der Waals surface area contributed by atoms with E-state index in [0.29, 0.717) is 13.1 Å². The standard InChI is InChI=1S/C20H15FN6O2S/c21-14-3-1-13(2-4-14)18-10-25-17(11-30-20(25)23-18)9-19-24-22-12-26(19)15-5-7-16(8-6-15)27(28)29/h1-8,10-11,22H,9,12H2. The number of nitrogens with one attached hydrogen (secondary N) is 1. The minimum absolute atomic E-state index is 0.0516. The first-order valence-electron chi connectivity index (χ1n) is 9.11. The Balaban J connectivity index is 1.40. The maximum atomic E-state index is 13.2. The van der Waals surface area contributed by atoms with Gasteiger partial charge in [-0.05, 0) is 36.4 Å². The van der Waals surface area contributed by atoms with E-state index in [1.807, 2.05) is 20.9 Å². The fraction of sp³-hybridized carbons (Fsp3) is 0.100. The van der Waals surface area contributed by atoms with E-state index < -0.39 is 4.92 Å². The highest BCUT2D eigenvalue weighted by Crippen LogP contribution is 2.26. The Morgan fingerprint density at radius 3 is 2.67 bits per heavy atom. The smallest absolute Gasteiger partial charge is 0.269 e. The fourth-order valence-corrected chi connectivity index (χ4v) is 4.23. The number of amidine groups is 1. The van der Waals surface area contributed by atoms with Gasteiger partial charge >= 0.3 is 0 Å². The summed E-state index contributed by atoms with van der Waals surface area (Å²) in [6.07, 6.45) is 2.50. The molecular weight excluding hydrogens is 407 g/mol. The van der Waals surface area contributed by atoms with Gasteiger partial charge in [0, 0.05) is 47.1 Å². The summed E-state index contributed by atoms with van der Waals surface area (Å²) in [4.78, 5) is 17.9. The van der Waals surface area contributed by atoms with E-state index in [9.17, 15) is 14.5 Å². The number of benzene rings is 2. The average Bonchev–Trinajstić information content (AvgIpc) is 3.46. The van der Waals surface area contributed by atoms with Crippen molar-refractivity contribution in [3.63, 3.8) is 0 Å². The number of rotatable bonds is 5. The minimum atomic E-state index is -0.416. The zero-order valence-electron chi connectivity index (χ0n) is 15.5. The summed E-state index contributed by atoms with van der Waals surface area (Å²) >= 11 is 1.53. The second-order valence-corrected chi connectivity index (χ2v) is 7.57. The molecule has 5 rings (SSSR count). The number of fused-ring (bicyclic) bond motifs is 1. The van der Waals surface area contributed by atoms with Crippen molar-refractivity contribution >= 4 is 33.5 Å². The van der Waals surface area contributed by atoms with Gasteiger partial charge in [-0.1, -0.05) is 0 Å². The van der Waals surface area contributed by atoms with Gasteiger partial charge in [-0.25, -0.2) is 9.37 Å². The van der Waals surface area contributed by atoms with E-state index in [1.54, 1.807) is 24.3 Å². The van der Waals surface area contributed by atoms with Crippen LogP contribution in [0.15, 0.2) is 65.2 Å². The Kier molecular flexibility index (Phi) is 4.40. The Bertz CT molecular complexity index is 1260. The lowest BCUT2D eigenvalue weighted by Crippen LogP contribution is -2.30. The van der Waals surface area contributed by atoms with Crippen LogP contribution in [0, 0.1) is 15.9 Å². The van der Waals surface area contributed by atoms with Crippen molar-refractivity contribution in [2.75, 3.05) is 11.6 Å². The molecule has 10 heteroatoms. The van der Waals surface area contributed by atoms with Gasteiger partial charge in [-0.2, -0.15) is 5.10 Å². The second-order valence-electron chi connectivity index (χ2n) is 6.74. The molecule has 1 aliphatic heterocycles. The molecule has 30 heavy (non-hydrogen) atoms. The second kappa shape index (κ2) is 7.23. The Hall–Kier alpha value is -3.79. The summed E-state index contributed by atoms with van der Waals surface area (Å²) in [6, 6.07) is 12.7. The summed E-state index contributed by atoms with van der Waals surface area (Å²) in [5, 5.41) is 17.3. The molecule has 2 aromatic heterocycles. The number of nitro benzene ring substituents is 1. The maximum Gasteiger partial charge on any atom is 0.269 e. The highest BCUT2D eigenvalue weighted by Gasteiger charge is 2.21. The molecule has 0 unspecified atom stereocenters. The average molecular weight is 422 g/mol. The molecule has 2 aromatic carbocycles. The predicted molar refractivity (Wildman–Crippen MR) is 113 cm³/mol. The summed E-state index contributed by atoms with van der Waals surface area (Å²) in [7, 11) is 0. The SMILES string of the molecule is O=[N+]([O-])c1ccc(N2CNN=C2Cc2csc3nc(-c4ccc(F)cc4)cn23)cc1. The van der Waals surface area contributed by atoms with Gasteiger partial charge in [0.15, 0.2) is 4.96 Å². The van der Waals surface area contributed by atoms with Crippen LogP contribution >= 0.6 is 11.3 Å². The number of halogens is 1. The molecule has 1 aliphatic rings. The van der Waals surface area contributed by atoms with Gasteiger partial charge in [0.1, 0.15) is 18.3 Å². The van der Waals surface area contributed by atoms with E-state index in [2.05, 4.69) is 15.5 Å². The van der Waals surface area contributed by atoms with Crippen molar-refractivity contribution in [3.8, 4) is 11.3 Å². The van der Waals surface area contributed by atoms with Crippen LogP contribution in [0.1, 0.15) is 5.69 Å². The summed E-state index contributed by atoms with van der Waals surface area (Å²) < 4.78 is 15.2. The normalized spacial score (nSPS) is 13.5. The molecule has 0 saturated carbocycles. The number of nitro groups is 1. The van der Waals surface area contributed by atoms with E-state index in [4.69, 9.17) is 0 Å². The molecule has 0 radical (unpaired) electrons. The quantitative estimate of drug-likeness (QED) is 0.387.